The maximum absolute atomic E-state index is 10.5. The van der Waals surface area contributed by atoms with E-state index in [1.165, 1.54) is 0 Å². The van der Waals surface area contributed by atoms with Crippen molar-refractivity contribution in [1.82, 2.24) is 0 Å². The van der Waals surface area contributed by atoms with E-state index in [-0.39, 0.29) is 24.0 Å². The van der Waals surface area contributed by atoms with Crippen LogP contribution in [0, 0.1) is 0 Å². The van der Waals surface area contributed by atoms with Crippen molar-refractivity contribution >= 4 is 14.3 Å². The summed E-state index contributed by atoms with van der Waals surface area (Å²) in [5, 5.41) is 18.4. The molecule has 2 atom stereocenters. The zero-order valence-corrected chi connectivity index (χ0v) is 22.5. The van der Waals surface area contributed by atoms with Crippen molar-refractivity contribution in [3.05, 3.63) is 72.9 Å². The van der Waals surface area contributed by atoms with E-state index in [1.807, 2.05) is 12.2 Å². The first-order valence-corrected chi connectivity index (χ1v) is 14.9. The lowest BCUT2D eigenvalue weighted by Crippen LogP contribution is -2.43. The summed E-state index contributed by atoms with van der Waals surface area (Å²) < 4.78 is 6.58. The summed E-state index contributed by atoms with van der Waals surface area (Å²) in [6.07, 6.45) is 27.5. The third-order valence-corrected chi connectivity index (χ3v) is 10.0. The van der Waals surface area contributed by atoms with Crippen LogP contribution in [0.4, 0.5) is 0 Å². The highest BCUT2D eigenvalue weighted by molar-refractivity contribution is 6.74. The van der Waals surface area contributed by atoms with Crippen molar-refractivity contribution in [2.45, 2.75) is 96.6 Å². The molecule has 0 aromatic carbocycles. The van der Waals surface area contributed by atoms with Gasteiger partial charge in [-0.25, -0.2) is 0 Å². The van der Waals surface area contributed by atoms with Gasteiger partial charge in [0.15, 0.2) is 8.32 Å². The predicted molar refractivity (Wildman–Crippen MR) is 144 cm³/mol. The molecule has 0 saturated carbocycles. The van der Waals surface area contributed by atoms with E-state index in [4.69, 9.17) is 9.53 Å². The standard InChI is InChI=1S/C28H46O4Si/c1-7-8-17-21-26(32-33(5,6)28(2,3)4)22-19-16-14-12-10-9-11-13-15-18-20-25(29)23-24-27(30)31/h8-10,13-20,22,25-26,29H,7,11-12,21,23-24H2,1-6H3,(H,30,31). The van der Waals surface area contributed by atoms with E-state index in [1.54, 1.807) is 12.2 Å². The van der Waals surface area contributed by atoms with Gasteiger partial charge in [0, 0.05) is 6.42 Å². The van der Waals surface area contributed by atoms with Gasteiger partial charge in [0.1, 0.15) is 0 Å². The number of aliphatic hydroxyl groups excluding tert-OH is 1. The monoisotopic (exact) mass is 474 g/mol. The third kappa shape index (κ3) is 17.2. The number of aliphatic hydroxyl groups is 1. The molecular weight excluding hydrogens is 428 g/mol. The maximum atomic E-state index is 10.5. The van der Waals surface area contributed by atoms with Gasteiger partial charge in [-0.05, 0) is 50.2 Å². The van der Waals surface area contributed by atoms with Crippen LogP contribution in [0.5, 0.6) is 0 Å². The molecule has 0 aliphatic carbocycles. The highest BCUT2D eigenvalue weighted by Crippen LogP contribution is 2.37. The van der Waals surface area contributed by atoms with Crippen molar-refractivity contribution in [1.29, 1.82) is 0 Å². The minimum absolute atomic E-state index is 0.0269. The van der Waals surface area contributed by atoms with Crippen LogP contribution in [0.25, 0.3) is 0 Å². The number of carbonyl (C=O) groups is 1. The topological polar surface area (TPSA) is 66.8 Å². The summed E-state index contributed by atoms with van der Waals surface area (Å²) in [5.74, 6) is -0.893. The highest BCUT2D eigenvalue weighted by atomic mass is 28.4. The second-order valence-electron chi connectivity index (χ2n) is 9.60. The molecule has 0 aromatic heterocycles. The molecule has 0 fully saturated rings. The minimum atomic E-state index is -1.81. The Balaban J connectivity index is 4.44. The lowest BCUT2D eigenvalue weighted by molar-refractivity contribution is -0.137. The van der Waals surface area contributed by atoms with Gasteiger partial charge in [0.05, 0.1) is 12.2 Å². The van der Waals surface area contributed by atoms with Crippen LogP contribution in [-0.2, 0) is 9.22 Å². The minimum Gasteiger partial charge on any atom is -0.481 e. The van der Waals surface area contributed by atoms with Crippen molar-refractivity contribution in [2.24, 2.45) is 0 Å². The Kier molecular flexibility index (Phi) is 16.5. The lowest BCUT2D eigenvalue weighted by atomic mass is 10.2. The highest BCUT2D eigenvalue weighted by Gasteiger charge is 2.38. The Hall–Kier alpha value is -1.95. The first kappa shape index (κ1) is 31.0. The van der Waals surface area contributed by atoms with Gasteiger partial charge >= 0.3 is 5.97 Å². The molecule has 33 heavy (non-hydrogen) atoms. The fourth-order valence-corrected chi connectivity index (χ4v) is 3.82. The van der Waals surface area contributed by atoms with Gasteiger partial charge in [-0.2, -0.15) is 0 Å². The molecule has 0 heterocycles. The Morgan fingerprint density at radius 2 is 1.48 bits per heavy atom. The van der Waals surface area contributed by atoms with E-state index in [2.05, 4.69) is 89.4 Å². The van der Waals surface area contributed by atoms with Gasteiger partial charge in [0.25, 0.3) is 0 Å². The van der Waals surface area contributed by atoms with E-state index < -0.39 is 20.4 Å². The van der Waals surface area contributed by atoms with Gasteiger partial charge in [-0.15, -0.1) is 0 Å². The molecule has 186 valence electrons. The third-order valence-electron chi connectivity index (χ3n) is 5.54. The molecule has 2 unspecified atom stereocenters. The molecule has 4 nitrogen and oxygen atoms in total. The van der Waals surface area contributed by atoms with E-state index in [0.29, 0.717) is 0 Å². The molecule has 0 amide bonds. The van der Waals surface area contributed by atoms with Crippen LogP contribution >= 0.6 is 0 Å². The molecule has 0 spiro atoms. The quantitative estimate of drug-likeness (QED) is 0.138. The van der Waals surface area contributed by atoms with Gasteiger partial charge in [-0.3, -0.25) is 4.79 Å². The predicted octanol–water partition coefficient (Wildman–Crippen LogP) is 7.52. The molecular formula is C28H46O4Si. The van der Waals surface area contributed by atoms with Crippen molar-refractivity contribution in [3.8, 4) is 0 Å². The largest absolute Gasteiger partial charge is 0.481 e. The Morgan fingerprint density at radius 1 is 0.909 bits per heavy atom. The normalized spacial score (nSPS) is 15.8. The van der Waals surface area contributed by atoms with Gasteiger partial charge in [-0.1, -0.05) is 101 Å². The number of carboxylic acid groups (broad SMARTS) is 1. The van der Waals surface area contributed by atoms with Crippen molar-refractivity contribution < 1.29 is 19.4 Å². The van der Waals surface area contributed by atoms with E-state index in [9.17, 15) is 9.90 Å². The molecule has 0 aliphatic heterocycles. The van der Waals surface area contributed by atoms with Crippen LogP contribution in [0.1, 0.15) is 66.2 Å². The molecule has 0 rings (SSSR count). The Morgan fingerprint density at radius 3 is 2.00 bits per heavy atom. The number of hydrogen-bond acceptors (Lipinski definition) is 3. The first-order chi connectivity index (χ1) is 15.5. The molecule has 0 aliphatic rings. The van der Waals surface area contributed by atoms with Crippen molar-refractivity contribution in [2.75, 3.05) is 0 Å². The smallest absolute Gasteiger partial charge is 0.303 e. The van der Waals surface area contributed by atoms with Crippen LogP contribution < -0.4 is 0 Å². The lowest BCUT2D eigenvalue weighted by Gasteiger charge is -2.38. The summed E-state index contributed by atoms with van der Waals surface area (Å²) in [5.41, 5.74) is 0. The fraction of sp³-hybridized carbons (Fsp3) is 0.536. The first-order valence-electron chi connectivity index (χ1n) is 12.0. The summed E-state index contributed by atoms with van der Waals surface area (Å²) in [6, 6.07) is 0. The maximum Gasteiger partial charge on any atom is 0.303 e. The van der Waals surface area contributed by atoms with E-state index in [0.717, 1.165) is 25.7 Å². The van der Waals surface area contributed by atoms with Gasteiger partial charge in [0.2, 0.25) is 0 Å². The Bertz CT molecular complexity index is 706. The molecule has 0 aromatic rings. The number of hydrogen-bond donors (Lipinski definition) is 2. The molecule has 0 saturated heterocycles. The zero-order chi connectivity index (χ0) is 25.2. The van der Waals surface area contributed by atoms with Crippen LogP contribution in [0.3, 0.4) is 0 Å². The fourth-order valence-electron chi connectivity index (χ4n) is 2.53. The Labute approximate surface area is 203 Å². The second-order valence-corrected chi connectivity index (χ2v) is 14.4. The summed E-state index contributed by atoms with van der Waals surface area (Å²) in [7, 11) is -1.81. The molecule has 5 heteroatoms. The SMILES string of the molecule is CCC=CCC(C=CC=CCC=CCC=CC=CC(O)CCC(=O)O)O[Si](C)(C)C(C)(C)C. The van der Waals surface area contributed by atoms with Gasteiger partial charge < -0.3 is 14.6 Å². The summed E-state index contributed by atoms with van der Waals surface area (Å²) >= 11 is 0. The number of rotatable bonds is 16. The number of aliphatic carboxylic acids is 1. The number of allylic oxidation sites excluding steroid dienone is 9. The summed E-state index contributed by atoms with van der Waals surface area (Å²) in [4.78, 5) is 10.5. The average molecular weight is 475 g/mol. The molecule has 2 N–H and O–H groups in total. The average Bonchev–Trinajstić information content (AvgIpc) is 2.71. The number of carboxylic acids is 1. The molecule has 0 radical (unpaired) electrons. The zero-order valence-electron chi connectivity index (χ0n) is 21.5. The van der Waals surface area contributed by atoms with Crippen LogP contribution in [-0.4, -0.2) is 36.7 Å². The van der Waals surface area contributed by atoms with Crippen molar-refractivity contribution in [3.63, 3.8) is 0 Å². The summed E-state index contributed by atoms with van der Waals surface area (Å²) in [6.45, 7) is 13.5. The second kappa shape index (κ2) is 17.5. The van der Waals surface area contributed by atoms with Crippen LogP contribution in [0.15, 0.2) is 72.9 Å². The van der Waals surface area contributed by atoms with Crippen LogP contribution in [0.2, 0.25) is 18.1 Å². The molecule has 0 bridgehead atoms. The van der Waals surface area contributed by atoms with E-state index >= 15 is 0 Å².